The SMILES string of the molecule is C1=C(c2ccc(-c3ccccc3)cc2)CC2CCC1O2. The second-order valence-electron chi connectivity index (χ2n) is 5.71. The Bertz CT molecular complexity index is 625. The van der Waals surface area contributed by atoms with Crippen LogP contribution in [0.4, 0.5) is 0 Å². The van der Waals surface area contributed by atoms with Crippen LogP contribution in [0.2, 0.25) is 0 Å². The van der Waals surface area contributed by atoms with Crippen LogP contribution in [0.15, 0.2) is 60.7 Å². The fraction of sp³-hybridized carbons (Fsp3) is 0.263. The van der Waals surface area contributed by atoms with E-state index in [1.165, 1.54) is 35.1 Å². The molecule has 0 amide bonds. The molecule has 1 fully saturated rings. The second-order valence-corrected chi connectivity index (χ2v) is 5.71. The Hall–Kier alpha value is -1.86. The van der Waals surface area contributed by atoms with Gasteiger partial charge in [-0.05, 0) is 41.5 Å². The molecule has 2 unspecified atom stereocenters. The van der Waals surface area contributed by atoms with Crippen LogP contribution in [0, 0.1) is 0 Å². The predicted molar refractivity (Wildman–Crippen MR) is 82.4 cm³/mol. The van der Waals surface area contributed by atoms with Gasteiger partial charge in [0.15, 0.2) is 0 Å². The number of hydrogen-bond donors (Lipinski definition) is 0. The molecule has 2 aromatic carbocycles. The number of fused-ring (bicyclic) bond motifs is 2. The van der Waals surface area contributed by atoms with Crippen molar-refractivity contribution in [1.29, 1.82) is 0 Å². The van der Waals surface area contributed by atoms with E-state index < -0.39 is 0 Å². The van der Waals surface area contributed by atoms with E-state index in [1.807, 2.05) is 0 Å². The lowest BCUT2D eigenvalue weighted by atomic mass is 9.96. The maximum Gasteiger partial charge on any atom is 0.0766 e. The van der Waals surface area contributed by atoms with Crippen LogP contribution in [0.1, 0.15) is 24.8 Å². The van der Waals surface area contributed by atoms with E-state index in [9.17, 15) is 0 Å². The molecule has 0 aromatic heterocycles. The highest BCUT2D eigenvalue weighted by atomic mass is 16.5. The van der Waals surface area contributed by atoms with Crippen molar-refractivity contribution >= 4 is 5.57 Å². The highest BCUT2D eigenvalue weighted by Crippen LogP contribution is 2.36. The van der Waals surface area contributed by atoms with E-state index in [4.69, 9.17) is 4.74 Å². The zero-order chi connectivity index (χ0) is 13.4. The molecule has 20 heavy (non-hydrogen) atoms. The molecule has 2 aromatic rings. The van der Waals surface area contributed by atoms with Gasteiger partial charge >= 0.3 is 0 Å². The van der Waals surface area contributed by atoms with Crippen LogP contribution in [0.5, 0.6) is 0 Å². The van der Waals surface area contributed by atoms with Crippen molar-refractivity contribution in [1.82, 2.24) is 0 Å². The van der Waals surface area contributed by atoms with Gasteiger partial charge in [0.2, 0.25) is 0 Å². The first-order chi connectivity index (χ1) is 9.88. The van der Waals surface area contributed by atoms with E-state index in [2.05, 4.69) is 60.7 Å². The Morgan fingerprint density at radius 1 is 0.750 bits per heavy atom. The molecule has 2 aliphatic heterocycles. The van der Waals surface area contributed by atoms with Crippen molar-refractivity contribution in [3.63, 3.8) is 0 Å². The summed E-state index contributed by atoms with van der Waals surface area (Å²) in [5.41, 5.74) is 5.37. The third kappa shape index (κ3) is 2.19. The normalized spacial score (nSPS) is 24.5. The molecule has 100 valence electrons. The number of benzene rings is 2. The van der Waals surface area contributed by atoms with Crippen LogP contribution >= 0.6 is 0 Å². The highest BCUT2D eigenvalue weighted by molar-refractivity contribution is 5.71. The van der Waals surface area contributed by atoms with Crippen molar-refractivity contribution in [3.05, 3.63) is 66.2 Å². The summed E-state index contributed by atoms with van der Waals surface area (Å²) in [4.78, 5) is 0. The summed E-state index contributed by atoms with van der Waals surface area (Å²) in [6.07, 6.45) is 6.61. The van der Waals surface area contributed by atoms with Crippen LogP contribution < -0.4 is 0 Å². The van der Waals surface area contributed by atoms with Crippen molar-refractivity contribution in [2.45, 2.75) is 31.5 Å². The van der Waals surface area contributed by atoms with E-state index >= 15 is 0 Å². The third-order valence-electron chi connectivity index (χ3n) is 4.34. The first-order valence-electron chi connectivity index (χ1n) is 7.40. The molecule has 0 saturated carbocycles. The minimum atomic E-state index is 0.359. The Balaban J connectivity index is 1.62. The van der Waals surface area contributed by atoms with Crippen LogP contribution in [-0.4, -0.2) is 12.2 Å². The van der Waals surface area contributed by atoms with Crippen molar-refractivity contribution < 1.29 is 4.74 Å². The lowest BCUT2D eigenvalue weighted by Crippen LogP contribution is -2.15. The molecule has 0 aliphatic carbocycles. The smallest absolute Gasteiger partial charge is 0.0766 e. The fourth-order valence-corrected chi connectivity index (χ4v) is 3.27. The topological polar surface area (TPSA) is 9.23 Å². The standard InChI is InChI=1S/C19H18O/c1-2-4-14(5-3-1)15-6-8-16(9-7-15)17-12-18-10-11-19(13-17)20-18/h1-9,12,18-19H,10-11,13H2. The Labute approximate surface area is 119 Å². The summed E-state index contributed by atoms with van der Waals surface area (Å²) in [6, 6.07) is 19.5. The minimum Gasteiger partial charge on any atom is -0.371 e. The summed E-state index contributed by atoms with van der Waals surface area (Å²) in [7, 11) is 0. The number of ether oxygens (including phenoxy) is 1. The quantitative estimate of drug-likeness (QED) is 0.763. The van der Waals surface area contributed by atoms with Gasteiger partial charge in [-0.25, -0.2) is 0 Å². The average Bonchev–Trinajstić information content (AvgIpc) is 2.87. The van der Waals surface area contributed by atoms with Crippen LogP contribution in [-0.2, 0) is 4.74 Å². The minimum absolute atomic E-state index is 0.359. The third-order valence-corrected chi connectivity index (χ3v) is 4.34. The van der Waals surface area contributed by atoms with Gasteiger partial charge in [-0.1, -0.05) is 60.7 Å². The summed E-state index contributed by atoms with van der Waals surface area (Å²) in [5, 5.41) is 0. The summed E-state index contributed by atoms with van der Waals surface area (Å²) in [5.74, 6) is 0. The molecule has 1 heteroatoms. The van der Waals surface area contributed by atoms with E-state index in [-0.39, 0.29) is 0 Å². The zero-order valence-corrected chi connectivity index (χ0v) is 11.5. The molecule has 2 aliphatic rings. The van der Waals surface area contributed by atoms with E-state index in [1.54, 1.807) is 0 Å². The van der Waals surface area contributed by atoms with Crippen molar-refractivity contribution in [2.75, 3.05) is 0 Å². The molecule has 2 heterocycles. The molecule has 4 rings (SSSR count). The molecule has 0 radical (unpaired) electrons. The predicted octanol–water partition coefficient (Wildman–Crippen LogP) is 4.69. The lowest BCUT2D eigenvalue weighted by molar-refractivity contribution is 0.0671. The Morgan fingerprint density at radius 3 is 2.20 bits per heavy atom. The molecule has 1 nitrogen and oxygen atoms in total. The fourth-order valence-electron chi connectivity index (χ4n) is 3.27. The largest absolute Gasteiger partial charge is 0.371 e. The molecular formula is C19H18O. The molecular weight excluding hydrogens is 244 g/mol. The number of rotatable bonds is 2. The maximum absolute atomic E-state index is 5.87. The van der Waals surface area contributed by atoms with E-state index in [0.717, 1.165) is 6.42 Å². The molecule has 0 spiro atoms. The molecule has 0 N–H and O–H groups in total. The lowest BCUT2D eigenvalue weighted by Gasteiger charge is -2.21. The first-order valence-corrected chi connectivity index (χ1v) is 7.40. The van der Waals surface area contributed by atoms with Crippen molar-refractivity contribution in [3.8, 4) is 11.1 Å². The van der Waals surface area contributed by atoms with Gasteiger partial charge in [0.05, 0.1) is 12.2 Å². The molecule has 1 saturated heterocycles. The first kappa shape index (κ1) is 11.9. The van der Waals surface area contributed by atoms with Gasteiger partial charge in [-0.15, -0.1) is 0 Å². The van der Waals surface area contributed by atoms with Gasteiger partial charge < -0.3 is 4.74 Å². The summed E-state index contributed by atoms with van der Waals surface area (Å²) >= 11 is 0. The monoisotopic (exact) mass is 262 g/mol. The van der Waals surface area contributed by atoms with Gasteiger partial charge in [-0.3, -0.25) is 0 Å². The van der Waals surface area contributed by atoms with Crippen LogP contribution in [0.3, 0.4) is 0 Å². The summed E-state index contributed by atoms with van der Waals surface area (Å²) in [6.45, 7) is 0. The second kappa shape index (κ2) is 4.92. The highest BCUT2D eigenvalue weighted by Gasteiger charge is 2.29. The zero-order valence-electron chi connectivity index (χ0n) is 11.5. The van der Waals surface area contributed by atoms with Gasteiger partial charge in [-0.2, -0.15) is 0 Å². The van der Waals surface area contributed by atoms with Gasteiger partial charge in [0.1, 0.15) is 0 Å². The van der Waals surface area contributed by atoms with Gasteiger partial charge in [0.25, 0.3) is 0 Å². The Kier molecular flexibility index (Phi) is 2.93. The molecule has 2 bridgehead atoms. The Morgan fingerprint density at radius 2 is 1.45 bits per heavy atom. The average molecular weight is 262 g/mol. The van der Waals surface area contributed by atoms with Crippen molar-refractivity contribution in [2.24, 2.45) is 0 Å². The maximum atomic E-state index is 5.87. The van der Waals surface area contributed by atoms with Gasteiger partial charge in [0, 0.05) is 0 Å². The molecule has 2 atom stereocenters. The van der Waals surface area contributed by atoms with E-state index in [0.29, 0.717) is 12.2 Å². The summed E-state index contributed by atoms with van der Waals surface area (Å²) < 4.78 is 5.87. The number of hydrogen-bond acceptors (Lipinski definition) is 1. The van der Waals surface area contributed by atoms with Crippen LogP contribution in [0.25, 0.3) is 16.7 Å².